The zero-order valence-electron chi connectivity index (χ0n) is 10.1. The third kappa shape index (κ3) is 2.95. The molecule has 0 unspecified atom stereocenters. The molecule has 0 fully saturated rings. The van der Waals surface area contributed by atoms with E-state index >= 15 is 0 Å². The molecule has 0 aliphatic carbocycles. The molecule has 1 amide bonds. The number of rotatable bonds is 3. The summed E-state index contributed by atoms with van der Waals surface area (Å²) in [6.07, 6.45) is 3.23. The molecule has 0 bridgehead atoms. The topological polar surface area (TPSA) is 59.8 Å². The van der Waals surface area contributed by atoms with Crippen LogP contribution in [0.2, 0.25) is 0 Å². The molecule has 5 nitrogen and oxygen atoms in total. The van der Waals surface area contributed by atoms with Crippen LogP contribution >= 0.6 is 15.9 Å². The first-order valence-electron chi connectivity index (χ1n) is 5.44. The molecular weight excluding hydrogens is 296 g/mol. The van der Waals surface area contributed by atoms with E-state index in [1.54, 1.807) is 26.2 Å². The molecule has 1 N–H and O–H groups in total. The fourth-order valence-electron chi connectivity index (χ4n) is 1.31. The lowest BCUT2D eigenvalue weighted by Crippen LogP contribution is -2.30. The minimum absolute atomic E-state index is 0.0903. The number of carbonyl (C=O) groups is 1. The van der Waals surface area contributed by atoms with Gasteiger partial charge in [-0.3, -0.25) is 4.79 Å². The first-order chi connectivity index (χ1) is 8.47. The van der Waals surface area contributed by atoms with E-state index in [0.717, 1.165) is 11.4 Å². The van der Waals surface area contributed by atoms with Crippen molar-refractivity contribution in [1.29, 1.82) is 0 Å². The molecule has 1 heterocycles. The molecule has 6 heteroatoms. The Hall–Kier alpha value is -1.69. The maximum absolute atomic E-state index is 11.8. The zero-order valence-corrected chi connectivity index (χ0v) is 11.7. The van der Waals surface area contributed by atoms with Crippen molar-refractivity contribution in [3.05, 3.63) is 36.7 Å². The second kappa shape index (κ2) is 4.89. The van der Waals surface area contributed by atoms with Crippen molar-refractivity contribution in [1.82, 2.24) is 15.0 Å². The second-order valence-electron chi connectivity index (χ2n) is 4.29. The summed E-state index contributed by atoms with van der Waals surface area (Å²) in [7, 11) is 0. The van der Waals surface area contributed by atoms with Crippen molar-refractivity contribution >= 4 is 27.5 Å². The quantitative estimate of drug-likeness (QED) is 0.886. The fraction of sp³-hybridized carbons (Fsp3) is 0.250. The van der Waals surface area contributed by atoms with Gasteiger partial charge in [0.25, 0.3) is 0 Å². The summed E-state index contributed by atoms with van der Waals surface area (Å²) in [5.41, 5.74) is 1.58. The van der Waals surface area contributed by atoms with E-state index in [1.807, 2.05) is 24.3 Å². The molecule has 94 valence electrons. The van der Waals surface area contributed by atoms with Crippen molar-refractivity contribution < 1.29 is 4.79 Å². The summed E-state index contributed by atoms with van der Waals surface area (Å²) in [5.74, 6) is -0.0903. The number of alkyl halides is 1. The molecule has 0 saturated carbocycles. The number of aromatic nitrogens is 3. The normalized spacial score (nSPS) is 11.3. The highest BCUT2D eigenvalue weighted by Crippen LogP contribution is 2.19. The summed E-state index contributed by atoms with van der Waals surface area (Å²) in [6.45, 7) is 3.59. The summed E-state index contributed by atoms with van der Waals surface area (Å²) in [4.78, 5) is 13.3. The highest BCUT2D eigenvalue weighted by Gasteiger charge is 2.23. The predicted octanol–water partition coefficient (Wildman–Crippen LogP) is 2.38. The van der Waals surface area contributed by atoms with Crippen LogP contribution in [0.1, 0.15) is 13.8 Å². The van der Waals surface area contributed by atoms with E-state index in [0.29, 0.717) is 0 Å². The molecule has 2 aromatic rings. The molecule has 18 heavy (non-hydrogen) atoms. The lowest BCUT2D eigenvalue weighted by molar-refractivity contribution is -0.117. The zero-order chi connectivity index (χ0) is 13.2. The summed E-state index contributed by atoms with van der Waals surface area (Å²) in [5, 5.41) is 10.9. The Kier molecular flexibility index (Phi) is 3.47. The molecule has 1 aromatic heterocycles. The van der Waals surface area contributed by atoms with Gasteiger partial charge < -0.3 is 5.32 Å². The van der Waals surface area contributed by atoms with Gasteiger partial charge in [-0.15, -0.1) is 0 Å². The van der Waals surface area contributed by atoms with Crippen LogP contribution in [-0.2, 0) is 4.79 Å². The third-order valence-corrected chi connectivity index (χ3v) is 2.67. The van der Waals surface area contributed by atoms with Crippen molar-refractivity contribution in [2.45, 2.75) is 18.2 Å². The molecule has 0 saturated heterocycles. The highest BCUT2D eigenvalue weighted by atomic mass is 79.9. The Morgan fingerprint density at radius 2 is 1.78 bits per heavy atom. The summed E-state index contributed by atoms with van der Waals surface area (Å²) < 4.78 is -0.588. The Bertz CT molecular complexity index is 528. The predicted molar refractivity (Wildman–Crippen MR) is 73.0 cm³/mol. The summed E-state index contributed by atoms with van der Waals surface area (Å²) >= 11 is 3.31. The Morgan fingerprint density at radius 3 is 2.28 bits per heavy atom. The SMILES string of the molecule is CC(C)(Br)C(=O)Nc1ccc(-n2nccn2)cc1. The van der Waals surface area contributed by atoms with Crippen molar-refractivity contribution in [2.24, 2.45) is 0 Å². The van der Waals surface area contributed by atoms with E-state index in [2.05, 4.69) is 31.4 Å². The van der Waals surface area contributed by atoms with Crippen molar-refractivity contribution in [3.63, 3.8) is 0 Å². The van der Waals surface area contributed by atoms with Crippen LogP contribution < -0.4 is 5.32 Å². The first-order valence-corrected chi connectivity index (χ1v) is 6.23. The van der Waals surface area contributed by atoms with E-state index < -0.39 is 4.32 Å². The van der Waals surface area contributed by atoms with Crippen LogP contribution in [0.5, 0.6) is 0 Å². The van der Waals surface area contributed by atoms with E-state index in [9.17, 15) is 4.79 Å². The molecule has 0 spiro atoms. The largest absolute Gasteiger partial charge is 0.325 e. The van der Waals surface area contributed by atoms with Gasteiger partial charge in [0, 0.05) is 5.69 Å². The monoisotopic (exact) mass is 308 g/mol. The maximum Gasteiger partial charge on any atom is 0.240 e. The van der Waals surface area contributed by atoms with Gasteiger partial charge in [-0.1, -0.05) is 15.9 Å². The van der Waals surface area contributed by atoms with Crippen LogP contribution in [0.3, 0.4) is 0 Å². The van der Waals surface area contributed by atoms with Gasteiger partial charge >= 0.3 is 0 Å². The lowest BCUT2D eigenvalue weighted by Gasteiger charge is -2.15. The van der Waals surface area contributed by atoms with Crippen molar-refractivity contribution in [3.8, 4) is 5.69 Å². The van der Waals surface area contributed by atoms with Gasteiger partial charge in [0.15, 0.2) is 0 Å². The van der Waals surface area contributed by atoms with Crippen LogP contribution in [0.4, 0.5) is 5.69 Å². The highest BCUT2D eigenvalue weighted by molar-refractivity contribution is 9.10. The van der Waals surface area contributed by atoms with Gasteiger partial charge in [0.2, 0.25) is 5.91 Å². The van der Waals surface area contributed by atoms with E-state index in [4.69, 9.17) is 0 Å². The van der Waals surface area contributed by atoms with Crippen LogP contribution in [0.25, 0.3) is 5.69 Å². The number of amides is 1. The smallest absolute Gasteiger partial charge is 0.240 e. The first kappa shape index (κ1) is 12.8. The van der Waals surface area contributed by atoms with Crippen LogP contribution in [0.15, 0.2) is 36.7 Å². The fourth-order valence-corrected chi connectivity index (χ4v) is 1.41. The van der Waals surface area contributed by atoms with Gasteiger partial charge in [-0.2, -0.15) is 15.0 Å². The molecule has 0 aliphatic heterocycles. The number of hydrogen-bond donors (Lipinski definition) is 1. The van der Waals surface area contributed by atoms with Crippen LogP contribution in [-0.4, -0.2) is 25.2 Å². The van der Waals surface area contributed by atoms with Crippen LogP contribution in [0, 0.1) is 0 Å². The number of anilines is 1. The number of hydrogen-bond acceptors (Lipinski definition) is 3. The molecule has 0 aliphatic rings. The van der Waals surface area contributed by atoms with E-state index in [1.165, 1.54) is 4.80 Å². The molecular formula is C12H13BrN4O. The minimum atomic E-state index is -0.588. The number of nitrogens with zero attached hydrogens (tertiary/aromatic N) is 3. The standard InChI is InChI=1S/C12H13BrN4O/c1-12(2,13)11(18)16-9-3-5-10(6-4-9)17-14-7-8-15-17/h3-8H,1-2H3,(H,16,18). The molecule has 2 rings (SSSR count). The molecule has 0 radical (unpaired) electrons. The van der Waals surface area contributed by atoms with Gasteiger partial charge in [-0.25, -0.2) is 0 Å². The number of benzene rings is 1. The Balaban J connectivity index is 2.12. The van der Waals surface area contributed by atoms with Gasteiger partial charge in [0.1, 0.15) is 0 Å². The van der Waals surface area contributed by atoms with Gasteiger partial charge in [-0.05, 0) is 38.1 Å². The average molecular weight is 309 g/mol. The molecule has 0 atom stereocenters. The number of nitrogens with one attached hydrogen (secondary N) is 1. The number of carbonyl (C=O) groups excluding carboxylic acids is 1. The van der Waals surface area contributed by atoms with E-state index in [-0.39, 0.29) is 5.91 Å². The average Bonchev–Trinajstić information content (AvgIpc) is 2.82. The molecule has 1 aromatic carbocycles. The van der Waals surface area contributed by atoms with Crippen molar-refractivity contribution in [2.75, 3.05) is 5.32 Å². The Morgan fingerprint density at radius 1 is 1.22 bits per heavy atom. The minimum Gasteiger partial charge on any atom is -0.325 e. The van der Waals surface area contributed by atoms with Gasteiger partial charge in [0.05, 0.1) is 22.4 Å². The lowest BCUT2D eigenvalue weighted by atomic mass is 10.2. The summed E-state index contributed by atoms with van der Waals surface area (Å²) in [6, 6.07) is 7.32. The Labute approximate surface area is 113 Å². The number of halogens is 1. The second-order valence-corrected chi connectivity index (χ2v) is 6.27. The third-order valence-electron chi connectivity index (χ3n) is 2.31. The maximum atomic E-state index is 11.8.